The van der Waals surface area contributed by atoms with Crippen LogP contribution in [0.5, 0.6) is 5.75 Å². The van der Waals surface area contributed by atoms with Crippen molar-refractivity contribution in [2.75, 3.05) is 6.54 Å². The molecule has 1 heterocycles. The van der Waals surface area contributed by atoms with Crippen LogP contribution in [0.4, 0.5) is 0 Å². The van der Waals surface area contributed by atoms with E-state index in [1.165, 1.54) is 37.7 Å². The summed E-state index contributed by atoms with van der Waals surface area (Å²) in [6.45, 7) is 5.56. The molecule has 0 amide bonds. The van der Waals surface area contributed by atoms with Crippen molar-refractivity contribution in [3.8, 4) is 5.75 Å². The first kappa shape index (κ1) is 14.4. The van der Waals surface area contributed by atoms with E-state index in [4.69, 9.17) is 4.74 Å². The average Bonchev–Trinajstić information content (AvgIpc) is 2.45. The van der Waals surface area contributed by atoms with E-state index in [1.54, 1.807) is 0 Å². The summed E-state index contributed by atoms with van der Waals surface area (Å²) in [5.74, 6) is 1.09. The molecule has 2 unspecified atom stereocenters. The molecule has 1 aliphatic rings. The summed E-state index contributed by atoms with van der Waals surface area (Å²) in [6, 6.07) is 8.97. The third-order valence-corrected chi connectivity index (χ3v) is 3.86. The Labute approximate surface area is 117 Å². The van der Waals surface area contributed by atoms with E-state index in [0.717, 1.165) is 18.7 Å². The molecule has 0 bridgehead atoms. The third kappa shape index (κ3) is 3.97. The Morgan fingerprint density at radius 1 is 1.16 bits per heavy atom. The van der Waals surface area contributed by atoms with Gasteiger partial charge < -0.3 is 10.1 Å². The predicted octanol–water partition coefficient (Wildman–Crippen LogP) is 4.46. The molecule has 19 heavy (non-hydrogen) atoms. The van der Waals surface area contributed by atoms with Gasteiger partial charge in [0.2, 0.25) is 0 Å². The standard InChI is InChI=1S/C17H27NO/c1-3-5-6-9-14-13-16(18-12-4-2)15-10-7-8-11-17(15)19-14/h7-8,10-11,14,16,18H,3-6,9,12-13H2,1-2H3. The smallest absolute Gasteiger partial charge is 0.124 e. The van der Waals surface area contributed by atoms with E-state index in [0.29, 0.717) is 12.1 Å². The molecule has 0 saturated carbocycles. The molecule has 2 heteroatoms. The van der Waals surface area contributed by atoms with Crippen molar-refractivity contribution in [2.45, 2.75) is 64.5 Å². The molecular weight excluding hydrogens is 234 g/mol. The molecule has 0 aliphatic carbocycles. The van der Waals surface area contributed by atoms with Crippen LogP contribution in [-0.2, 0) is 0 Å². The first-order valence-corrected chi connectivity index (χ1v) is 7.84. The highest BCUT2D eigenvalue weighted by molar-refractivity contribution is 5.37. The lowest BCUT2D eigenvalue weighted by Gasteiger charge is -2.33. The van der Waals surface area contributed by atoms with Crippen LogP contribution in [0.3, 0.4) is 0 Å². The molecule has 0 radical (unpaired) electrons. The van der Waals surface area contributed by atoms with Gasteiger partial charge in [-0.3, -0.25) is 0 Å². The molecule has 0 saturated heterocycles. The number of para-hydroxylation sites is 1. The molecule has 0 aromatic heterocycles. The van der Waals surface area contributed by atoms with Crippen LogP contribution in [0.2, 0.25) is 0 Å². The monoisotopic (exact) mass is 261 g/mol. The molecule has 1 N–H and O–H groups in total. The minimum absolute atomic E-state index is 0.385. The van der Waals surface area contributed by atoms with Crippen LogP contribution in [0, 0.1) is 0 Å². The lowest BCUT2D eigenvalue weighted by molar-refractivity contribution is 0.138. The maximum atomic E-state index is 6.15. The molecule has 1 aromatic rings. The van der Waals surface area contributed by atoms with Crippen LogP contribution >= 0.6 is 0 Å². The second-order valence-electron chi connectivity index (χ2n) is 5.52. The number of nitrogens with one attached hydrogen (secondary N) is 1. The van der Waals surface area contributed by atoms with Crippen molar-refractivity contribution in [1.29, 1.82) is 0 Å². The number of rotatable bonds is 7. The van der Waals surface area contributed by atoms with Gasteiger partial charge in [0, 0.05) is 18.0 Å². The lowest BCUT2D eigenvalue weighted by Crippen LogP contribution is -2.33. The zero-order chi connectivity index (χ0) is 13.5. The van der Waals surface area contributed by atoms with Crippen LogP contribution in [-0.4, -0.2) is 12.6 Å². The fraction of sp³-hybridized carbons (Fsp3) is 0.647. The maximum absolute atomic E-state index is 6.15. The molecule has 1 aromatic carbocycles. The van der Waals surface area contributed by atoms with Crippen LogP contribution in [0.1, 0.15) is 64.0 Å². The van der Waals surface area contributed by atoms with Crippen LogP contribution in [0.25, 0.3) is 0 Å². The minimum Gasteiger partial charge on any atom is -0.490 e. The average molecular weight is 261 g/mol. The number of hydrogen-bond donors (Lipinski definition) is 1. The van der Waals surface area contributed by atoms with Crippen molar-refractivity contribution in [1.82, 2.24) is 5.32 Å². The Morgan fingerprint density at radius 3 is 2.79 bits per heavy atom. The summed E-state index contributed by atoms with van der Waals surface area (Å²) >= 11 is 0. The van der Waals surface area contributed by atoms with Gasteiger partial charge >= 0.3 is 0 Å². The maximum Gasteiger partial charge on any atom is 0.124 e. The minimum atomic E-state index is 0.385. The zero-order valence-corrected chi connectivity index (χ0v) is 12.3. The van der Waals surface area contributed by atoms with E-state index in [2.05, 4.69) is 43.4 Å². The Balaban J connectivity index is 2.01. The Bertz CT molecular complexity index is 377. The quantitative estimate of drug-likeness (QED) is 0.732. The van der Waals surface area contributed by atoms with Crippen LogP contribution < -0.4 is 10.1 Å². The van der Waals surface area contributed by atoms with E-state index in [-0.39, 0.29) is 0 Å². The van der Waals surface area contributed by atoms with E-state index >= 15 is 0 Å². The van der Waals surface area contributed by atoms with E-state index in [9.17, 15) is 0 Å². The van der Waals surface area contributed by atoms with Gasteiger partial charge in [-0.05, 0) is 31.9 Å². The second kappa shape index (κ2) is 7.54. The predicted molar refractivity (Wildman–Crippen MR) is 80.7 cm³/mol. The topological polar surface area (TPSA) is 21.3 Å². The molecule has 2 rings (SSSR count). The first-order valence-electron chi connectivity index (χ1n) is 7.84. The molecule has 106 valence electrons. The third-order valence-electron chi connectivity index (χ3n) is 3.86. The summed E-state index contributed by atoms with van der Waals surface area (Å²) in [5, 5.41) is 3.67. The van der Waals surface area contributed by atoms with E-state index < -0.39 is 0 Å². The summed E-state index contributed by atoms with van der Waals surface area (Å²) in [6.07, 6.45) is 7.74. The fourth-order valence-corrected chi connectivity index (χ4v) is 2.80. The van der Waals surface area contributed by atoms with Gasteiger partial charge in [-0.15, -0.1) is 0 Å². The molecule has 2 atom stereocenters. The summed E-state index contributed by atoms with van der Waals surface area (Å²) in [4.78, 5) is 0. The second-order valence-corrected chi connectivity index (χ2v) is 5.52. The van der Waals surface area contributed by atoms with Crippen LogP contribution in [0.15, 0.2) is 24.3 Å². The van der Waals surface area contributed by atoms with Gasteiger partial charge in [-0.25, -0.2) is 0 Å². The summed E-state index contributed by atoms with van der Waals surface area (Å²) < 4.78 is 6.15. The lowest BCUT2D eigenvalue weighted by atomic mass is 9.94. The Morgan fingerprint density at radius 2 is 2.00 bits per heavy atom. The fourth-order valence-electron chi connectivity index (χ4n) is 2.80. The molecule has 1 aliphatic heterocycles. The molecule has 2 nitrogen and oxygen atoms in total. The highest BCUT2D eigenvalue weighted by atomic mass is 16.5. The van der Waals surface area contributed by atoms with Crippen molar-refractivity contribution in [3.05, 3.63) is 29.8 Å². The highest BCUT2D eigenvalue weighted by Gasteiger charge is 2.26. The largest absolute Gasteiger partial charge is 0.490 e. The molecular formula is C17H27NO. The Hall–Kier alpha value is -1.02. The van der Waals surface area contributed by atoms with Gasteiger partial charge in [-0.1, -0.05) is 44.9 Å². The zero-order valence-electron chi connectivity index (χ0n) is 12.3. The summed E-state index contributed by atoms with van der Waals surface area (Å²) in [5.41, 5.74) is 1.34. The first-order chi connectivity index (χ1) is 9.35. The molecule has 0 fully saturated rings. The van der Waals surface area contributed by atoms with Crippen molar-refractivity contribution in [2.24, 2.45) is 0 Å². The van der Waals surface area contributed by atoms with Crippen molar-refractivity contribution < 1.29 is 4.74 Å². The Kier molecular flexibility index (Phi) is 5.71. The summed E-state index contributed by atoms with van der Waals surface area (Å²) in [7, 11) is 0. The van der Waals surface area contributed by atoms with Gasteiger partial charge in [0.15, 0.2) is 0 Å². The van der Waals surface area contributed by atoms with Gasteiger partial charge in [0.25, 0.3) is 0 Å². The van der Waals surface area contributed by atoms with E-state index in [1.807, 2.05) is 0 Å². The SMILES string of the molecule is CCCCCC1CC(NCCC)c2ccccc2O1. The van der Waals surface area contributed by atoms with Crippen molar-refractivity contribution in [3.63, 3.8) is 0 Å². The molecule has 0 spiro atoms. The number of ether oxygens (including phenoxy) is 1. The number of benzene rings is 1. The number of fused-ring (bicyclic) bond motifs is 1. The normalized spacial score (nSPS) is 21.8. The number of unbranched alkanes of at least 4 members (excludes halogenated alkanes) is 2. The van der Waals surface area contributed by atoms with Gasteiger partial charge in [-0.2, -0.15) is 0 Å². The number of hydrogen-bond acceptors (Lipinski definition) is 2. The van der Waals surface area contributed by atoms with Crippen molar-refractivity contribution >= 4 is 0 Å². The highest BCUT2D eigenvalue weighted by Crippen LogP contribution is 2.35. The van der Waals surface area contributed by atoms with Gasteiger partial charge in [0.1, 0.15) is 11.9 Å². The van der Waals surface area contributed by atoms with Gasteiger partial charge in [0.05, 0.1) is 0 Å².